The van der Waals surface area contributed by atoms with Crippen LogP contribution < -0.4 is 0 Å². The molecule has 0 aromatic carbocycles. The van der Waals surface area contributed by atoms with E-state index in [1.54, 1.807) is 0 Å². The molecule has 0 saturated carbocycles. The fraction of sp³-hybridized carbons (Fsp3) is 0.733. The van der Waals surface area contributed by atoms with Crippen LogP contribution in [0.15, 0.2) is 0 Å². The van der Waals surface area contributed by atoms with Crippen molar-refractivity contribution in [3.8, 4) is 0 Å². The van der Waals surface area contributed by atoms with E-state index >= 15 is 0 Å². The smallest absolute Gasteiger partial charge is 0.305 e. The van der Waals surface area contributed by atoms with Gasteiger partial charge in [-0.05, 0) is 0 Å². The van der Waals surface area contributed by atoms with Gasteiger partial charge in [0.15, 0.2) is 12.2 Å². The molecule has 0 unspecified atom stereocenters. The molecule has 0 aliphatic carbocycles. The van der Waals surface area contributed by atoms with Gasteiger partial charge < -0.3 is 28.4 Å². The molecule has 1 heterocycles. The predicted molar refractivity (Wildman–Crippen MR) is 79.0 cm³/mol. The Hall–Kier alpha value is -2.20. The van der Waals surface area contributed by atoms with Crippen LogP contribution in [0.4, 0.5) is 0 Å². The van der Waals surface area contributed by atoms with Gasteiger partial charge in [-0.25, -0.2) is 0 Å². The van der Waals surface area contributed by atoms with E-state index in [9.17, 15) is 19.2 Å². The number of hydrogen-bond acceptors (Lipinski definition) is 10. The van der Waals surface area contributed by atoms with Crippen LogP contribution >= 0.6 is 0 Å². The van der Waals surface area contributed by atoms with Gasteiger partial charge in [0, 0.05) is 34.8 Å². The van der Waals surface area contributed by atoms with E-state index in [1.807, 2.05) is 0 Å². The van der Waals surface area contributed by atoms with Gasteiger partial charge in [0.2, 0.25) is 6.29 Å². The zero-order valence-corrected chi connectivity index (χ0v) is 14.7. The zero-order valence-electron chi connectivity index (χ0n) is 14.7. The molecule has 0 spiro atoms. The second-order valence-corrected chi connectivity index (χ2v) is 5.30. The van der Waals surface area contributed by atoms with Crippen LogP contribution in [0.5, 0.6) is 0 Å². The highest BCUT2D eigenvalue weighted by atomic mass is 16.7. The van der Waals surface area contributed by atoms with Crippen molar-refractivity contribution in [1.82, 2.24) is 0 Å². The van der Waals surface area contributed by atoms with Crippen molar-refractivity contribution in [1.29, 1.82) is 0 Å². The highest BCUT2D eigenvalue weighted by molar-refractivity contribution is 5.68. The Kier molecular flexibility index (Phi) is 7.78. The molecule has 0 N–H and O–H groups in total. The summed E-state index contributed by atoms with van der Waals surface area (Å²) in [4.78, 5) is 45.2. The van der Waals surface area contributed by atoms with Crippen molar-refractivity contribution in [2.24, 2.45) is 0 Å². The van der Waals surface area contributed by atoms with Gasteiger partial charge in [-0.1, -0.05) is 0 Å². The van der Waals surface area contributed by atoms with Crippen LogP contribution in [0.25, 0.3) is 0 Å². The molecular formula is C15H22O10. The van der Waals surface area contributed by atoms with Crippen LogP contribution in [0.2, 0.25) is 0 Å². The molecule has 0 amide bonds. The molecule has 10 heteroatoms. The molecule has 0 radical (unpaired) electrons. The third-order valence-electron chi connectivity index (χ3n) is 3.20. The van der Waals surface area contributed by atoms with E-state index < -0.39 is 54.6 Å². The van der Waals surface area contributed by atoms with Crippen molar-refractivity contribution in [2.45, 2.75) is 58.4 Å². The molecule has 1 fully saturated rings. The summed E-state index contributed by atoms with van der Waals surface area (Å²) in [5, 5.41) is 0. The molecule has 0 aromatic rings. The molecule has 25 heavy (non-hydrogen) atoms. The first-order valence-corrected chi connectivity index (χ1v) is 7.49. The summed E-state index contributed by atoms with van der Waals surface area (Å²) in [6.45, 7) is 4.40. The van der Waals surface area contributed by atoms with Crippen LogP contribution in [-0.2, 0) is 47.6 Å². The fourth-order valence-electron chi connectivity index (χ4n) is 2.39. The second-order valence-electron chi connectivity index (χ2n) is 5.30. The number of rotatable bonds is 6. The van der Waals surface area contributed by atoms with Crippen molar-refractivity contribution < 1.29 is 47.6 Å². The number of hydrogen-bond donors (Lipinski definition) is 0. The third-order valence-corrected chi connectivity index (χ3v) is 3.20. The predicted octanol–water partition coefficient (Wildman–Crippen LogP) is -0.284. The molecule has 0 bridgehead atoms. The summed E-state index contributed by atoms with van der Waals surface area (Å²) in [5.74, 6) is -2.58. The SMILES string of the molecule is CO[C@@H]1[C@@H](OC(C)=O)[C@H](OC(C)=O)O[C@@H](COC(C)=O)[C@H]1OC(C)=O. The Balaban J connectivity index is 3.14. The monoisotopic (exact) mass is 362 g/mol. The first kappa shape index (κ1) is 20.8. The highest BCUT2D eigenvalue weighted by Crippen LogP contribution is 2.29. The van der Waals surface area contributed by atoms with Crippen LogP contribution in [-0.4, -0.2) is 68.3 Å². The Morgan fingerprint density at radius 1 is 0.760 bits per heavy atom. The maximum atomic E-state index is 11.4. The standard InChI is InChI=1S/C15H22O10/c1-7(16)21-6-11-12(22-8(2)17)13(20-5)14(23-9(3)18)15(25-11)24-10(4)19/h11-15H,6H2,1-5H3/t11-,12+,13-,14+,15+/m0/s1. The molecule has 1 aliphatic heterocycles. The van der Waals surface area contributed by atoms with Gasteiger partial charge in [0.05, 0.1) is 0 Å². The number of esters is 4. The van der Waals surface area contributed by atoms with Gasteiger partial charge >= 0.3 is 23.9 Å². The minimum absolute atomic E-state index is 0.280. The number of ether oxygens (including phenoxy) is 6. The van der Waals surface area contributed by atoms with E-state index in [4.69, 9.17) is 28.4 Å². The summed E-state index contributed by atoms with van der Waals surface area (Å²) >= 11 is 0. The van der Waals surface area contributed by atoms with E-state index in [0.29, 0.717) is 0 Å². The second kappa shape index (κ2) is 9.33. The maximum Gasteiger partial charge on any atom is 0.305 e. The summed E-state index contributed by atoms with van der Waals surface area (Å²) in [5.41, 5.74) is 0. The van der Waals surface area contributed by atoms with Crippen molar-refractivity contribution >= 4 is 23.9 Å². The summed E-state index contributed by atoms with van der Waals surface area (Å²) in [6, 6.07) is 0. The lowest BCUT2D eigenvalue weighted by Crippen LogP contribution is -2.62. The molecule has 1 aliphatic rings. The van der Waals surface area contributed by atoms with E-state index in [-0.39, 0.29) is 6.61 Å². The van der Waals surface area contributed by atoms with Crippen molar-refractivity contribution in [2.75, 3.05) is 13.7 Å². The average molecular weight is 362 g/mol. The average Bonchev–Trinajstić information content (AvgIpc) is 2.46. The molecule has 142 valence electrons. The van der Waals surface area contributed by atoms with Gasteiger partial charge in [0.25, 0.3) is 0 Å². The van der Waals surface area contributed by atoms with E-state index in [0.717, 1.165) is 13.8 Å². The molecule has 0 aromatic heterocycles. The lowest BCUT2D eigenvalue weighted by molar-refractivity contribution is -0.301. The lowest BCUT2D eigenvalue weighted by atomic mass is 9.98. The third kappa shape index (κ3) is 6.31. The zero-order chi connectivity index (χ0) is 19.1. The normalized spacial score (nSPS) is 28.6. The first-order chi connectivity index (χ1) is 11.6. The summed E-state index contributed by atoms with van der Waals surface area (Å²) in [7, 11) is 1.30. The van der Waals surface area contributed by atoms with Gasteiger partial charge in [-0.15, -0.1) is 0 Å². The highest BCUT2D eigenvalue weighted by Gasteiger charge is 2.52. The van der Waals surface area contributed by atoms with E-state index in [1.165, 1.54) is 21.0 Å². The van der Waals surface area contributed by atoms with Gasteiger partial charge in [-0.3, -0.25) is 19.2 Å². The molecule has 5 atom stereocenters. The van der Waals surface area contributed by atoms with Gasteiger partial charge in [-0.2, -0.15) is 0 Å². The Labute approximate surface area is 144 Å². The number of methoxy groups -OCH3 is 1. The number of carbonyl (C=O) groups is 4. The minimum Gasteiger partial charge on any atom is -0.463 e. The molecule has 10 nitrogen and oxygen atoms in total. The quantitative estimate of drug-likeness (QED) is 0.460. The van der Waals surface area contributed by atoms with Crippen molar-refractivity contribution in [3.63, 3.8) is 0 Å². The maximum absolute atomic E-state index is 11.4. The Morgan fingerprint density at radius 3 is 1.72 bits per heavy atom. The Bertz CT molecular complexity index is 516. The van der Waals surface area contributed by atoms with Crippen molar-refractivity contribution in [3.05, 3.63) is 0 Å². The van der Waals surface area contributed by atoms with Gasteiger partial charge in [0.1, 0.15) is 18.8 Å². The van der Waals surface area contributed by atoms with Crippen LogP contribution in [0, 0.1) is 0 Å². The fourth-order valence-corrected chi connectivity index (χ4v) is 2.39. The number of carbonyl (C=O) groups excluding carboxylic acids is 4. The topological polar surface area (TPSA) is 124 Å². The van der Waals surface area contributed by atoms with E-state index in [2.05, 4.69) is 0 Å². The molecule has 1 saturated heterocycles. The summed E-state index contributed by atoms with van der Waals surface area (Å²) in [6.07, 6.45) is -5.55. The molecular weight excluding hydrogens is 340 g/mol. The minimum atomic E-state index is -1.32. The molecule has 1 rings (SSSR count). The van der Waals surface area contributed by atoms with Crippen LogP contribution in [0.1, 0.15) is 27.7 Å². The Morgan fingerprint density at radius 2 is 1.28 bits per heavy atom. The summed E-state index contributed by atoms with van der Waals surface area (Å²) < 4.78 is 31.1. The van der Waals surface area contributed by atoms with Crippen LogP contribution in [0.3, 0.4) is 0 Å². The largest absolute Gasteiger partial charge is 0.463 e. The lowest BCUT2D eigenvalue weighted by Gasteiger charge is -2.43. The first-order valence-electron chi connectivity index (χ1n) is 7.49.